The third-order valence-corrected chi connectivity index (χ3v) is 2.93. The van der Waals surface area contributed by atoms with E-state index in [1.54, 1.807) is 6.07 Å². The molecule has 0 aliphatic rings. The third-order valence-electron chi connectivity index (χ3n) is 1.73. The highest BCUT2D eigenvalue weighted by Gasteiger charge is 2.14. The van der Waals surface area contributed by atoms with E-state index in [0.29, 0.717) is 10.6 Å². The smallest absolute Gasteiger partial charge is 0.283 e. The van der Waals surface area contributed by atoms with E-state index < -0.39 is 4.92 Å². The first-order valence-electron chi connectivity index (χ1n) is 4.14. The number of aliphatic hydroxyl groups is 1. The van der Waals surface area contributed by atoms with Crippen molar-refractivity contribution in [3.63, 3.8) is 0 Å². The predicted molar refractivity (Wildman–Crippen MR) is 55.6 cm³/mol. The summed E-state index contributed by atoms with van der Waals surface area (Å²) >= 11 is 1.31. The topological polar surface area (TPSA) is 63.4 Å². The summed E-state index contributed by atoms with van der Waals surface area (Å²) in [6.45, 7) is 1.85. The van der Waals surface area contributed by atoms with Crippen molar-refractivity contribution in [2.45, 2.75) is 11.8 Å². The second-order valence-electron chi connectivity index (χ2n) is 2.75. The van der Waals surface area contributed by atoms with Gasteiger partial charge in [0.1, 0.15) is 0 Å². The quantitative estimate of drug-likeness (QED) is 0.472. The molecule has 0 fully saturated rings. The number of hydrogen-bond acceptors (Lipinski definition) is 4. The van der Waals surface area contributed by atoms with Crippen LogP contribution in [0.3, 0.4) is 0 Å². The van der Waals surface area contributed by atoms with Crippen LogP contribution in [0.25, 0.3) is 0 Å². The highest BCUT2D eigenvalue weighted by atomic mass is 32.2. The lowest BCUT2D eigenvalue weighted by Crippen LogP contribution is -1.94. The molecule has 76 valence electrons. The van der Waals surface area contributed by atoms with Crippen molar-refractivity contribution in [1.29, 1.82) is 0 Å². The molecule has 0 heterocycles. The van der Waals surface area contributed by atoms with Crippen LogP contribution in [0.4, 0.5) is 5.69 Å². The Labute approximate surface area is 86.1 Å². The van der Waals surface area contributed by atoms with Crippen LogP contribution < -0.4 is 0 Å². The van der Waals surface area contributed by atoms with Crippen molar-refractivity contribution in [3.05, 3.63) is 33.9 Å². The van der Waals surface area contributed by atoms with Crippen LogP contribution in [0.1, 0.15) is 5.56 Å². The van der Waals surface area contributed by atoms with Gasteiger partial charge in [0.2, 0.25) is 0 Å². The molecule has 0 saturated heterocycles. The number of aryl methyl sites for hydroxylation is 1. The number of hydrogen-bond donors (Lipinski definition) is 1. The van der Waals surface area contributed by atoms with Gasteiger partial charge in [-0.3, -0.25) is 10.1 Å². The minimum Gasteiger partial charge on any atom is -0.396 e. The van der Waals surface area contributed by atoms with Crippen molar-refractivity contribution in [1.82, 2.24) is 0 Å². The van der Waals surface area contributed by atoms with Crippen molar-refractivity contribution in [2.24, 2.45) is 0 Å². The van der Waals surface area contributed by atoms with Gasteiger partial charge in [0, 0.05) is 11.8 Å². The fourth-order valence-electron chi connectivity index (χ4n) is 1.12. The fraction of sp³-hybridized carbons (Fsp3) is 0.333. The molecule has 1 aromatic rings. The summed E-state index contributed by atoms with van der Waals surface area (Å²) in [7, 11) is 0. The Bertz CT molecular complexity index is 341. The van der Waals surface area contributed by atoms with Gasteiger partial charge in [-0.15, -0.1) is 11.8 Å². The van der Waals surface area contributed by atoms with Crippen LogP contribution in [-0.2, 0) is 0 Å². The Morgan fingerprint density at radius 2 is 2.29 bits per heavy atom. The third kappa shape index (κ3) is 2.46. The maximum Gasteiger partial charge on any atom is 0.283 e. The summed E-state index contributed by atoms with van der Waals surface area (Å²) in [5.41, 5.74) is 0.987. The summed E-state index contributed by atoms with van der Waals surface area (Å²) in [5, 5.41) is 19.3. The number of rotatable bonds is 4. The van der Waals surface area contributed by atoms with Gasteiger partial charge in [-0.05, 0) is 12.5 Å². The maximum absolute atomic E-state index is 10.7. The standard InChI is InChI=1S/C9H11NO3S/c1-7-3-2-4-8(10(12)13)9(7)14-6-5-11/h2-4,11H,5-6H2,1H3. The number of nitro benzene ring substituents is 1. The van der Waals surface area contributed by atoms with Gasteiger partial charge in [-0.2, -0.15) is 0 Å². The first-order valence-corrected chi connectivity index (χ1v) is 5.13. The average molecular weight is 213 g/mol. The first kappa shape index (κ1) is 11.0. The molecule has 0 unspecified atom stereocenters. The molecule has 4 nitrogen and oxygen atoms in total. The SMILES string of the molecule is Cc1cccc([N+](=O)[O-])c1SCCO. The van der Waals surface area contributed by atoms with E-state index in [2.05, 4.69) is 0 Å². The summed E-state index contributed by atoms with van der Waals surface area (Å²) in [5.74, 6) is 0.478. The highest BCUT2D eigenvalue weighted by molar-refractivity contribution is 7.99. The summed E-state index contributed by atoms with van der Waals surface area (Å²) in [6.07, 6.45) is 0. The van der Waals surface area contributed by atoms with Crippen LogP contribution in [0.15, 0.2) is 23.1 Å². The van der Waals surface area contributed by atoms with Gasteiger partial charge in [0.05, 0.1) is 16.4 Å². The molecule has 0 bridgehead atoms. The molecule has 0 saturated carbocycles. The number of thioether (sulfide) groups is 1. The van der Waals surface area contributed by atoms with Gasteiger partial charge in [0.15, 0.2) is 0 Å². The molecule has 1 N–H and O–H groups in total. The van der Waals surface area contributed by atoms with E-state index in [1.165, 1.54) is 17.8 Å². The van der Waals surface area contributed by atoms with Gasteiger partial charge >= 0.3 is 0 Å². The van der Waals surface area contributed by atoms with E-state index in [9.17, 15) is 10.1 Å². The molecule has 1 aromatic carbocycles. The van der Waals surface area contributed by atoms with Gasteiger partial charge in [0.25, 0.3) is 5.69 Å². The molecule has 0 amide bonds. The molecule has 0 spiro atoms. The van der Waals surface area contributed by atoms with E-state index in [1.807, 2.05) is 13.0 Å². The molecule has 0 aliphatic carbocycles. The molecular weight excluding hydrogens is 202 g/mol. The summed E-state index contributed by atoms with van der Waals surface area (Å²) in [6, 6.07) is 4.97. The largest absolute Gasteiger partial charge is 0.396 e. The van der Waals surface area contributed by atoms with E-state index in [-0.39, 0.29) is 12.3 Å². The first-order chi connectivity index (χ1) is 6.66. The van der Waals surface area contributed by atoms with Gasteiger partial charge in [-0.25, -0.2) is 0 Å². The predicted octanol–water partition coefficient (Wildman–Crippen LogP) is 1.99. The van der Waals surface area contributed by atoms with E-state index in [0.717, 1.165) is 5.56 Å². The molecule has 0 aliphatic heterocycles. The Morgan fingerprint density at radius 1 is 1.57 bits per heavy atom. The lowest BCUT2D eigenvalue weighted by Gasteiger charge is -2.04. The zero-order valence-electron chi connectivity index (χ0n) is 7.77. The number of nitrogens with zero attached hydrogens (tertiary/aromatic N) is 1. The van der Waals surface area contributed by atoms with Crippen molar-refractivity contribution < 1.29 is 10.0 Å². The molecule has 0 radical (unpaired) electrons. The Balaban J connectivity index is 3.02. The molecule has 14 heavy (non-hydrogen) atoms. The zero-order valence-corrected chi connectivity index (χ0v) is 8.58. The van der Waals surface area contributed by atoms with Crippen molar-refractivity contribution in [3.8, 4) is 0 Å². The van der Waals surface area contributed by atoms with E-state index in [4.69, 9.17) is 5.11 Å². The Kier molecular flexibility index (Phi) is 3.91. The van der Waals surface area contributed by atoms with Crippen molar-refractivity contribution in [2.75, 3.05) is 12.4 Å². The summed E-state index contributed by atoms with van der Waals surface area (Å²) in [4.78, 5) is 10.9. The van der Waals surface area contributed by atoms with Gasteiger partial charge < -0.3 is 5.11 Å². The number of benzene rings is 1. The van der Waals surface area contributed by atoms with Crippen LogP contribution in [-0.4, -0.2) is 22.4 Å². The number of aliphatic hydroxyl groups excluding tert-OH is 1. The minimum absolute atomic E-state index is 0.0240. The van der Waals surface area contributed by atoms with Crippen LogP contribution in [0.5, 0.6) is 0 Å². The molecular formula is C9H11NO3S. The molecule has 0 aromatic heterocycles. The zero-order chi connectivity index (χ0) is 10.6. The highest BCUT2D eigenvalue weighted by Crippen LogP contribution is 2.31. The Hall–Kier alpha value is -1.07. The number of nitro groups is 1. The van der Waals surface area contributed by atoms with Crippen LogP contribution in [0.2, 0.25) is 0 Å². The van der Waals surface area contributed by atoms with Crippen molar-refractivity contribution >= 4 is 17.4 Å². The van der Waals surface area contributed by atoms with Gasteiger partial charge in [-0.1, -0.05) is 12.1 Å². The Morgan fingerprint density at radius 3 is 2.86 bits per heavy atom. The van der Waals surface area contributed by atoms with Crippen LogP contribution in [0, 0.1) is 17.0 Å². The normalized spacial score (nSPS) is 10.1. The van der Waals surface area contributed by atoms with Crippen LogP contribution >= 0.6 is 11.8 Å². The molecule has 5 heteroatoms. The minimum atomic E-state index is -0.396. The van der Waals surface area contributed by atoms with E-state index >= 15 is 0 Å². The lowest BCUT2D eigenvalue weighted by molar-refractivity contribution is -0.387. The second kappa shape index (κ2) is 4.97. The summed E-state index contributed by atoms with van der Waals surface area (Å²) < 4.78 is 0. The second-order valence-corrected chi connectivity index (χ2v) is 3.86. The monoisotopic (exact) mass is 213 g/mol. The fourth-order valence-corrected chi connectivity index (χ4v) is 2.00. The molecule has 0 atom stereocenters. The molecule has 1 rings (SSSR count). The maximum atomic E-state index is 10.7. The lowest BCUT2D eigenvalue weighted by atomic mass is 10.2. The average Bonchev–Trinajstić information content (AvgIpc) is 2.15.